The number of likely N-dealkylation sites (N-methyl/N-ethyl adjacent to an activating group) is 1. The van der Waals surface area contributed by atoms with Gasteiger partial charge >= 0.3 is 0 Å². The first-order valence-corrected chi connectivity index (χ1v) is 9.02. The molecule has 0 aromatic rings. The summed E-state index contributed by atoms with van der Waals surface area (Å²) in [5.74, 6) is 2.89. The van der Waals surface area contributed by atoms with E-state index in [9.17, 15) is 0 Å². The highest BCUT2D eigenvalue weighted by Gasteiger charge is 2.41. The van der Waals surface area contributed by atoms with Crippen LogP contribution in [0.15, 0.2) is 24.4 Å². The number of rotatable bonds is 5. The van der Waals surface area contributed by atoms with E-state index in [1.807, 2.05) is 0 Å². The summed E-state index contributed by atoms with van der Waals surface area (Å²) in [6.07, 6.45) is 9.87. The minimum atomic E-state index is 0.285. The van der Waals surface area contributed by atoms with Crippen molar-refractivity contribution < 1.29 is 0 Å². The quantitative estimate of drug-likeness (QED) is 0.580. The van der Waals surface area contributed by atoms with Crippen LogP contribution in [0.3, 0.4) is 0 Å². The summed E-state index contributed by atoms with van der Waals surface area (Å²) in [5, 5.41) is 0. The van der Waals surface area contributed by atoms with Crippen LogP contribution in [0.4, 0.5) is 0 Å². The number of hydrogen-bond donors (Lipinski definition) is 0. The maximum atomic E-state index is 4.32. The van der Waals surface area contributed by atoms with Crippen molar-refractivity contribution in [2.45, 2.75) is 78.2 Å². The van der Waals surface area contributed by atoms with Gasteiger partial charge in [0.05, 0.1) is 0 Å². The van der Waals surface area contributed by atoms with Crippen LogP contribution in [0.25, 0.3) is 0 Å². The Bertz CT molecular complexity index is 397. The molecular formula is C20H35N. The lowest BCUT2D eigenvalue weighted by Gasteiger charge is -2.45. The van der Waals surface area contributed by atoms with Gasteiger partial charge in [-0.3, -0.25) is 0 Å². The van der Waals surface area contributed by atoms with Crippen LogP contribution in [0.2, 0.25) is 0 Å². The molecule has 4 atom stereocenters. The topological polar surface area (TPSA) is 3.24 Å². The monoisotopic (exact) mass is 289 g/mol. The molecule has 0 heterocycles. The molecule has 0 saturated heterocycles. The molecule has 0 aromatic carbocycles. The Balaban J connectivity index is 2.18. The molecule has 0 radical (unpaired) electrons. The molecule has 2 aliphatic carbocycles. The first kappa shape index (κ1) is 16.6. The van der Waals surface area contributed by atoms with Crippen LogP contribution in [0.1, 0.15) is 72.6 Å². The predicted molar refractivity (Wildman–Crippen MR) is 93.2 cm³/mol. The zero-order valence-corrected chi connectivity index (χ0v) is 14.8. The third-order valence-corrected chi connectivity index (χ3v) is 6.18. The van der Waals surface area contributed by atoms with Crippen LogP contribution in [-0.2, 0) is 0 Å². The summed E-state index contributed by atoms with van der Waals surface area (Å²) < 4.78 is 0. The third kappa shape index (κ3) is 3.55. The molecule has 1 heteroatoms. The minimum absolute atomic E-state index is 0.285. The Kier molecular flexibility index (Phi) is 5.22. The number of hydrogen-bond acceptors (Lipinski definition) is 1. The lowest BCUT2D eigenvalue weighted by Crippen LogP contribution is -2.46. The van der Waals surface area contributed by atoms with Gasteiger partial charge in [0.15, 0.2) is 0 Å². The average Bonchev–Trinajstić information content (AvgIpc) is 2.55. The van der Waals surface area contributed by atoms with Crippen molar-refractivity contribution in [2.24, 2.45) is 17.8 Å². The second-order valence-corrected chi connectivity index (χ2v) is 7.92. The van der Waals surface area contributed by atoms with E-state index in [1.165, 1.54) is 44.9 Å². The molecule has 0 N–H and O–H groups in total. The smallest absolute Gasteiger partial charge is 0.0376 e. The normalized spacial score (nSPS) is 35.9. The summed E-state index contributed by atoms with van der Waals surface area (Å²) >= 11 is 0. The van der Waals surface area contributed by atoms with Gasteiger partial charge in [0.2, 0.25) is 0 Å². The summed E-state index contributed by atoms with van der Waals surface area (Å²) in [7, 11) is 0. The highest BCUT2D eigenvalue weighted by Crippen LogP contribution is 2.47. The molecule has 120 valence electrons. The highest BCUT2D eigenvalue weighted by atomic mass is 15.2. The van der Waals surface area contributed by atoms with Crippen molar-refractivity contribution >= 4 is 0 Å². The Labute approximate surface area is 132 Å². The van der Waals surface area contributed by atoms with Gasteiger partial charge in [-0.15, -0.1) is 0 Å². The van der Waals surface area contributed by atoms with Crippen LogP contribution >= 0.6 is 0 Å². The second kappa shape index (κ2) is 6.58. The van der Waals surface area contributed by atoms with Crippen molar-refractivity contribution in [3.05, 3.63) is 24.4 Å². The van der Waals surface area contributed by atoms with E-state index in [1.54, 1.807) is 0 Å². The van der Waals surface area contributed by atoms with Gasteiger partial charge in [-0.25, -0.2) is 0 Å². The van der Waals surface area contributed by atoms with E-state index < -0.39 is 0 Å². The molecule has 21 heavy (non-hydrogen) atoms. The van der Waals surface area contributed by atoms with Gasteiger partial charge < -0.3 is 4.90 Å². The molecule has 2 bridgehead atoms. The van der Waals surface area contributed by atoms with Gasteiger partial charge in [0, 0.05) is 17.8 Å². The first-order chi connectivity index (χ1) is 9.89. The lowest BCUT2D eigenvalue weighted by atomic mass is 9.73. The van der Waals surface area contributed by atoms with E-state index >= 15 is 0 Å². The fourth-order valence-electron chi connectivity index (χ4n) is 5.05. The molecule has 1 nitrogen and oxygen atoms in total. The molecule has 0 amide bonds. The van der Waals surface area contributed by atoms with E-state index in [0.29, 0.717) is 0 Å². The van der Waals surface area contributed by atoms with Crippen molar-refractivity contribution in [3.63, 3.8) is 0 Å². The zero-order valence-electron chi connectivity index (χ0n) is 14.8. The SMILES string of the molecule is C=C(C)C(=C)N(CC)C1(C)CCC2CC(CC)CC(C2)C1. The molecule has 0 spiro atoms. The zero-order chi connectivity index (χ0) is 15.6. The fourth-order valence-corrected chi connectivity index (χ4v) is 5.05. The largest absolute Gasteiger partial charge is 0.367 e. The maximum absolute atomic E-state index is 4.32. The van der Waals surface area contributed by atoms with E-state index in [2.05, 4.69) is 45.8 Å². The Morgan fingerprint density at radius 3 is 2.38 bits per heavy atom. The van der Waals surface area contributed by atoms with Crippen LogP contribution in [-0.4, -0.2) is 17.0 Å². The first-order valence-electron chi connectivity index (χ1n) is 9.02. The molecule has 2 aliphatic rings. The second-order valence-electron chi connectivity index (χ2n) is 7.92. The lowest BCUT2D eigenvalue weighted by molar-refractivity contribution is 0.112. The Hall–Kier alpha value is -0.720. The van der Waals surface area contributed by atoms with Gasteiger partial charge in [-0.05, 0) is 82.6 Å². The van der Waals surface area contributed by atoms with Gasteiger partial charge in [-0.1, -0.05) is 26.5 Å². The minimum Gasteiger partial charge on any atom is -0.367 e. The molecular weight excluding hydrogens is 254 g/mol. The van der Waals surface area contributed by atoms with Crippen molar-refractivity contribution in [1.82, 2.24) is 4.90 Å². The molecule has 2 saturated carbocycles. The summed E-state index contributed by atoms with van der Waals surface area (Å²) in [6, 6.07) is 0. The van der Waals surface area contributed by atoms with Gasteiger partial charge in [0.25, 0.3) is 0 Å². The molecule has 2 fully saturated rings. The van der Waals surface area contributed by atoms with Gasteiger partial charge in [-0.2, -0.15) is 0 Å². The van der Waals surface area contributed by atoms with Crippen LogP contribution < -0.4 is 0 Å². The highest BCUT2D eigenvalue weighted by molar-refractivity contribution is 5.24. The Morgan fingerprint density at radius 1 is 1.14 bits per heavy atom. The van der Waals surface area contributed by atoms with E-state index in [-0.39, 0.29) is 5.54 Å². The molecule has 4 unspecified atom stereocenters. The third-order valence-electron chi connectivity index (χ3n) is 6.18. The van der Waals surface area contributed by atoms with Crippen LogP contribution in [0.5, 0.6) is 0 Å². The van der Waals surface area contributed by atoms with E-state index in [0.717, 1.165) is 35.6 Å². The van der Waals surface area contributed by atoms with Crippen molar-refractivity contribution in [1.29, 1.82) is 0 Å². The predicted octanol–water partition coefficient (Wildman–Crippen LogP) is 5.78. The molecule has 0 aliphatic heterocycles. The number of fused-ring (bicyclic) bond motifs is 2. The fraction of sp³-hybridized carbons (Fsp3) is 0.800. The number of nitrogens with zero attached hydrogens (tertiary/aromatic N) is 1. The Morgan fingerprint density at radius 2 is 1.81 bits per heavy atom. The average molecular weight is 290 g/mol. The molecule has 0 aromatic heterocycles. The maximum Gasteiger partial charge on any atom is 0.0376 e. The summed E-state index contributed by atoms with van der Waals surface area (Å²) in [5.41, 5.74) is 2.56. The van der Waals surface area contributed by atoms with Crippen LogP contribution in [0, 0.1) is 17.8 Å². The molecule has 2 rings (SSSR count). The van der Waals surface area contributed by atoms with Crippen molar-refractivity contribution in [3.8, 4) is 0 Å². The number of allylic oxidation sites excluding steroid dienone is 1. The summed E-state index contributed by atoms with van der Waals surface area (Å²) in [4.78, 5) is 2.55. The van der Waals surface area contributed by atoms with Gasteiger partial charge in [0.1, 0.15) is 0 Å². The summed E-state index contributed by atoms with van der Waals surface area (Å²) in [6.45, 7) is 18.7. The van der Waals surface area contributed by atoms with Crippen molar-refractivity contribution in [2.75, 3.05) is 6.54 Å². The van der Waals surface area contributed by atoms with E-state index in [4.69, 9.17) is 0 Å². The standard InChI is InChI=1S/C20H35N/c1-7-17-11-18-9-10-20(6,14-19(12-17)13-18)21(8-2)16(5)15(3)4/h17-19H,3,5,7-14H2,1-2,4,6H3.